The highest BCUT2D eigenvalue weighted by atomic mass is 16.6. The Morgan fingerprint density at radius 1 is 1.29 bits per heavy atom. The molecule has 3 N–H and O–H groups in total. The number of nitrogens with one attached hydrogen (secondary N) is 1. The van der Waals surface area contributed by atoms with Crippen LogP contribution >= 0.6 is 0 Å². The zero-order valence-electron chi connectivity index (χ0n) is 12.5. The average Bonchev–Trinajstić information content (AvgIpc) is 2.58. The van der Waals surface area contributed by atoms with Crippen LogP contribution in [0, 0.1) is 10.1 Å². The molecule has 1 amide bonds. The molecule has 2 rings (SSSR count). The molecule has 0 saturated heterocycles. The van der Waals surface area contributed by atoms with Crippen molar-refractivity contribution < 1.29 is 19.2 Å². The largest absolute Gasteiger partial charge is 0.459 e. The molecule has 0 fully saturated rings. The number of amides is 1. The number of aromatic nitrogens is 1. The molecule has 0 radical (unpaired) electrons. The number of benzene rings is 1. The monoisotopic (exact) mass is 330 g/mol. The van der Waals surface area contributed by atoms with Gasteiger partial charge in [-0.15, -0.1) is 0 Å². The van der Waals surface area contributed by atoms with Gasteiger partial charge in [0.1, 0.15) is 19.0 Å². The number of pyridine rings is 1. The first-order valence-electron chi connectivity index (χ1n) is 6.84. The fourth-order valence-corrected chi connectivity index (χ4v) is 1.81. The van der Waals surface area contributed by atoms with E-state index in [-0.39, 0.29) is 24.4 Å². The van der Waals surface area contributed by atoms with Gasteiger partial charge in [-0.05, 0) is 23.8 Å². The van der Waals surface area contributed by atoms with Crippen molar-refractivity contribution in [3.8, 4) is 0 Å². The number of nitrogens with zero attached hydrogens (tertiary/aromatic N) is 2. The maximum absolute atomic E-state index is 11.9. The van der Waals surface area contributed by atoms with Gasteiger partial charge < -0.3 is 15.8 Å². The summed E-state index contributed by atoms with van der Waals surface area (Å²) in [4.78, 5) is 37.4. The summed E-state index contributed by atoms with van der Waals surface area (Å²) in [5.41, 5.74) is 6.05. The van der Waals surface area contributed by atoms with E-state index < -0.39 is 16.8 Å². The van der Waals surface area contributed by atoms with E-state index in [1.807, 2.05) is 0 Å². The number of anilines is 1. The summed E-state index contributed by atoms with van der Waals surface area (Å²) in [6.45, 7) is -0.361. The van der Waals surface area contributed by atoms with E-state index >= 15 is 0 Å². The molecule has 2 aromatic rings. The van der Waals surface area contributed by atoms with Gasteiger partial charge in [0.2, 0.25) is 0 Å². The van der Waals surface area contributed by atoms with Crippen LogP contribution in [0.3, 0.4) is 0 Å². The van der Waals surface area contributed by atoms with Crippen LogP contribution < -0.4 is 11.1 Å². The summed E-state index contributed by atoms with van der Waals surface area (Å²) in [7, 11) is 0. The second-order valence-corrected chi connectivity index (χ2v) is 4.74. The van der Waals surface area contributed by atoms with Gasteiger partial charge in [0.05, 0.1) is 4.92 Å². The fraction of sp³-hybridized carbons (Fsp3) is 0.133. The molecule has 0 saturated carbocycles. The Morgan fingerprint density at radius 2 is 2.08 bits per heavy atom. The van der Waals surface area contributed by atoms with Crippen molar-refractivity contribution in [2.45, 2.75) is 6.61 Å². The van der Waals surface area contributed by atoms with Gasteiger partial charge >= 0.3 is 5.97 Å². The van der Waals surface area contributed by atoms with Crippen molar-refractivity contribution in [2.75, 3.05) is 12.3 Å². The van der Waals surface area contributed by atoms with Crippen LogP contribution in [-0.4, -0.2) is 28.3 Å². The quantitative estimate of drug-likeness (QED) is 0.458. The minimum Gasteiger partial charge on any atom is -0.459 e. The molecular weight excluding hydrogens is 316 g/mol. The first-order chi connectivity index (χ1) is 11.5. The van der Waals surface area contributed by atoms with Crippen LogP contribution in [0.15, 0.2) is 42.6 Å². The number of nitrogen functional groups attached to an aromatic ring is 1. The van der Waals surface area contributed by atoms with Crippen LogP contribution in [0.1, 0.15) is 15.9 Å². The smallest absolute Gasteiger partial charge is 0.325 e. The van der Waals surface area contributed by atoms with E-state index in [0.717, 1.165) is 6.07 Å². The number of ether oxygens (including phenoxy) is 1. The summed E-state index contributed by atoms with van der Waals surface area (Å²) in [6.07, 6.45) is 1.49. The Kier molecular flexibility index (Phi) is 5.40. The molecule has 0 aliphatic rings. The summed E-state index contributed by atoms with van der Waals surface area (Å²) in [5.74, 6) is -0.949. The Bertz CT molecular complexity index is 778. The number of nitro groups is 1. The third-order valence-corrected chi connectivity index (χ3v) is 2.96. The maximum Gasteiger partial charge on any atom is 0.325 e. The molecular formula is C15H14N4O5. The van der Waals surface area contributed by atoms with E-state index in [1.165, 1.54) is 24.4 Å². The fourth-order valence-electron chi connectivity index (χ4n) is 1.81. The Labute approximate surface area is 136 Å². The number of carbonyl (C=O) groups is 2. The van der Waals surface area contributed by atoms with E-state index in [1.54, 1.807) is 12.1 Å². The number of hydrogen-bond acceptors (Lipinski definition) is 7. The number of hydrogen-bond donors (Lipinski definition) is 2. The number of nitrogens with two attached hydrogens (primary N) is 1. The molecule has 24 heavy (non-hydrogen) atoms. The third-order valence-electron chi connectivity index (χ3n) is 2.96. The van der Waals surface area contributed by atoms with Crippen LogP contribution in [0.2, 0.25) is 0 Å². The van der Waals surface area contributed by atoms with Crippen molar-refractivity contribution >= 4 is 23.4 Å². The molecule has 9 nitrogen and oxygen atoms in total. The summed E-state index contributed by atoms with van der Waals surface area (Å²) in [6, 6.07) is 8.40. The molecule has 1 aromatic carbocycles. The van der Waals surface area contributed by atoms with E-state index in [4.69, 9.17) is 10.5 Å². The zero-order chi connectivity index (χ0) is 17.5. The van der Waals surface area contributed by atoms with E-state index in [9.17, 15) is 19.7 Å². The van der Waals surface area contributed by atoms with Crippen LogP contribution in [0.4, 0.5) is 11.5 Å². The lowest BCUT2D eigenvalue weighted by atomic mass is 10.2. The predicted molar refractivity (Wildman–Crippen MR) is 83.9 cm³/mol. The molecule has 0 aliphatic heterocycles. The number of nitro benzene ring substituents is 1. The second kappa shape index (κ2) is 7.68. The van der Waals surface area contributed by atoms with Crippen molar-refractivity contribution in [3.63, 3.8) is 0 Å². The maximum atomic E-state index is 11.9. The number of esters is 1. The van der Waals surface area contributed by atoms with Gasteiger partial charge in [0, 0.05) is 23.9 Å². The van der Waals surface area contributed by atoms with Crippen molar-refractivity contribution in [2.24, 2.45) is 0 Å². The third kappa shape index (κ3) is 4.77. The number of rotatable bonds is 6. The molecule has 0 unspecified atom stereocenters. The van der Waals surface area contributed by atoms with Crippen LogP contribution in [0.5, 0.6) is 0 Å². The molecule has 0 spiro atoms. The summed E-state index contributed by atoms with van der Waals surface area (Å²) >= 11 is 0. The highest BCUT2D eigenvalue weighted by Gasteiger charge is 2.13. The van der Waals surface area contributed by atoms with Gasteiger partial charge in [-0.1, -0.05) is 6.07 Å². The molecule has 1 heterocycles. The summed E-state index contributed by atoms with van der Waals surface area (Å²) < 4.78 is 4.99. The van der Waals surface area contributed by atoms with Crippen LogP contribution in [-0.2, 0) is 16.1 Å². The topological polar surface area (TPSA) is 137 Å². The molecule has 1 aromatic heterocycles. The molecule has 9 heteroatoms. The number of carbonyl (C=O) groups excluding carboxylic acids is 2. The first kappa shape index (κ1) is 16.9. The lowest BCUT2D eigenvalue weighted by molar-refractivity contribution is -0.384. The van der Waals surface area contributed by atoms with Crippen LogP contribution in [0.25, 0.3) is 0 Å². The van der Waals surface area contributed by atoms with E-state index in [0.29, 0.717) is 11.4 Å². The van der Waals surface area contributed by atoms with Gasteiger partial charge in [-0.2, -0.15) is 0 Å². The molecule has 124 valence electrons. The van der Waals surface area contributed by atoms with Gasteiger partial charge in [0.15, 0.2) is 0 Å². The Balaban J connectivity index is 1.84. The Hall–Kier alpha value is -3.49. The Morgan fingerprint density at radius 3 is 2.79 bits per heavy atom. The standard InChI is InChI=1S/C15H14N4O5/c16-13-6-10(4-5-17-13)9-24-14(20)8-18-15(21)11-2-1-3-12(7-11)19(22)23/h1-7H,8-9H2,(H2,16,17)(H,18,21). The lowest BCUT2D eigenvalue weighted by Crippen LogP contribution is -2.30. The molecule has 0 atom stereocenters. The predicted octanol–water partition coefficient (Wildman–Crippen LogP) is 1.05. The lowest BCUT2D eigenvalue weighted by Gasteiger charge is -2.07. The highest BCUT2D eigenvalue weighted by molar-refractivity contribution is 5.96. The molecule has 0 aliphatic carbocycles. The molecule has 0 bridgehead atoms. The van der Waals surface area contributed by atoms with E-state index in [2.05, 4.69) is 10.3 Å². The van der Waals surface area contributed by atoms with Gasteiger partial charge in [-0.25, -0.2) is 4.98 Å². The average molecular weight is 330 g/mol. The minimum atomic E-state index is -0.649. The normalized spacial score (nSPS) is 10.0. The minimum absolute atomic E-state index is 0.00175. The number of non-ortho nitro benzene ring substituents is 1. The summed E-state index contributed by atoms with van der Waals surface area (Å²) in [5, 5.41) is 13.0. The second-order valence-electron chi connectivity index (χ2n) is 4.74. The van der Waals surface area contributed by atoms with Crippen molar-refractivity contribution in [1.82, 2.24) is 10.3 Å². The van der Waals surface area contributed by atoms with Crippen molar-refractivity contribution in [3.05, 3.63) is 63.8 Å². The first-order valence-corrected chi connectivity index (χ1v) is 6.84. The SMILES string of the molecule is Nc1cc(COC(=O)CNC(=O)c2cccc([N+](=O)[O-])c2)ccn1. The van der Waals surface area contributed by atoms with Gasteiger partial charge in [0.25, 0.3) is 11.6 Å². The zero-order valence-corrected chi connectivity index (χ0v) is 12.5. The highest BCUT2D eigenvalue weighted by Crippen LogP contribution is 2.12. The van der Waals surface area contributed by atoms with Crippen molar-refractivity contribution in [1.29, 1.82) is 0 Å². The van der Waals surface area contributed by atoms with Gasteiger partial charge in [-0.3, -0.25) is 19.7 Å².